The zero-order valence-corrected chi connectivity index (χ0v) is 11.8. The fourth-order valence-corrected chi connectivity index (χ4v) is 6.05. The van der Waals surface area contributed by atoms with Crippen molar-refractivity contribution in [3.05, 3.63) is 16.1 Å². The van der Waals surface area contributed by atoms with E-state index in [1.165, 1.54) is 25.5 Å². The van der Waals surface area contributed by atoms with Crippen molar-refractivity contribution in [1.82, 2.24) is 4.98 Å². The van der Waals surface area contributed by atoms with Gasteiger partial charge in [-0.25, -0.2) is 4.98 Å². The summed E-state index contributed by atoms with van der Waals surface area (Å²) in [6, 6.07) is 0. The normalized spacial score (nSPS) is 43.2. The van der Waals surface area contributed by atoms with Crippen molar-refractivity contribution in [3.63, 3.8) is 0 Å². The Kier molecular flexibility index (Phi) is 2.60. The Labute approximate surface area is 119 Å². The van der Waals surface area contributed by atoms with Crippen LogP contribution in [0.3, 0.4) is 0 Å². The fourth-order valence-electron chi connectivity index (χ4n) is 5.09. The molecule has 2 nitrogen and oxygen atoms in total. The molecule has 0 spiro atoms. The van der Waals surface area contributed by atoms with Crippen molar-refractivity contribution in [3.8, 4) is 0 Å². The lowest BCUT2D eigenvalue weighted by molar-refractivity contribution is -0.137. The van der Waals surface area contributed by atoms with Crippen LogP contribution >= 0.6 is 11.3 Å². The van der Waals surface area contributed by atoms with Crippen LogP contribution in [-0.2, 0) is 11.7 Å². The van der Waals surface area contributed by atoms with Gasteiger partial charge in [-0.1, -0.05) is 6.42 Å². The molecule has 1 aromatic rings. The van der Waals surface area contributed by atoms with E-state index >= 15 is 0 Å². The maximum Gasteiger partial charge on any atom is 0.443 e. The van der Waals surface area contributed by atoms with Gasteiger partial charge in [-0.3, -0.25) is 0 Å². The Hall–Kier alpha value is -0.620. The van der Waals surface area contributed by atoms with Gasteiger partial charge in [0.1, 0.15) is 0 Å². The highest BCUT2D eigenvalue weighted by molar-refractivity contribution is 7.11. The van der Waals surface area contributed by atoms with Crippen LogP contribution in [0.5, 0.6) is 0 Å². The largest absolute Gasteiger partial charge is 0.443 e. The van der Waals surface area contributed by atoms with E-state index in [0.717, 1.165) is 30.1 Å². The van der Waals surface area contributed by atoms with E-state index in [1.54, 1.807) is 0 Å². The van der Waals surface area contributed by atoms with Crippen LogP contribution in [-0.4, -0.2) is 4.98 Å². The molecule has 110 valence electrons. The molecule has 3 aliphatic rings. The van der Waals surface area contributed by atoms with Gasteiger partial charge in [0, 0.05) is 11.1 Å². The Morgan fingerprint density at radius 2 is 2.05 bits per heavy atom. The van der Waals surface area contributed by atoms with Gasteiger partial charge in [-0.05, 0) is 49.4 Å². The Bertz CT molecular complexity index is 541. The lowest BCUT2D eigenvalue weighted by Gasteiger charge is -2.39. The monoisotopic (exact) mass is 302 g/mol. The van der Waals surface area contributed by atoms with E-state index in [1.807, 2.05) is 0 Å². The summed E-state index contributed by atoms with van der Waals surface area (Å²) in [5, 5.41) is -0.761. The van der Waals surface area contributed by atoms with Crippen molar-refractivity contribution in [1.29, 1.82) is 0 Å². The van der Waals surface area contributed by atoms with E-state index in [0.29, 0.717) is 22.6 Å². The summed E-state index contributed by atoms with van der Waals surface area (Å²) in [4.78, 5) is 4.20. The number of thiazole rings is 1. The minimum absolute atomic E-state index is 0.363. The highest BCUT2D eigenvalue weighted by Crippen LogP contribution is 2.64. The van der Waals surface area contributed by atoms with E-state index < -0.39 is 16.7 Å². The Morgan fingerprint density at radius 3 is 2.75 bits per heavy atom. The molecule has 0 radical (unpaired) electrons. The molecule has 6 heteroatoms. The van der Waals surface area contributed by atoms with Gasteiger partial charge in [-0.15, -0.1) is 11.3 Å². The van der Waals surface area contributed by atoms with Gasteiger partial charge >= 0.3 is 6.18 Å². The first-order valence-electron chi connectivity index (χ1n) is 7.22. The maximum absolute atomic E-state index is 12.7. The molecule has 5 unspecified atom stereocenters. The summed E-state index contributed by atoms with van der Waals surface area (Å²) in [5.41, 5.74) is 6.02. The summed E-state index contributed by atoms with van der Waals surface area (Å²) in [5.74, 6) is 2.40. The van der Waals surface area contributed by atoms with Crippen LogP contribution < -0.4 is 5.73 Å². The minimum Gasteiger partial charge on any atom is -0.320 e. The average Bonchev–Trinajstić information content (AvgIpc) is 3.09. The van der Waals surface area contributed by atoms with Crippen LogP contribution in [0.4, 0.5) is 13.2 Å². The predicted octanol–water partition coefficient (Wildman–Crippen LogP) is 3.77. The molecule has 20 heavy (non-hydrogen) atoms. The number of rotatable bonds is 1. The molecule has 0 saturated heterocycles. The molecule has 2 N–H and O–H groups in total. The second-order valence-corrected chi connectivity index (χ2v) is 7.66. The third kappa shape index (κ3) is 1.64. The van der Waals surface area contributed by atoms with Crippen LogP contribution in [0, 0.1) is 23.7 Å². The molecule has 3 fully saturated rings. The van der Waals surface area contributed by atoms with E-state index in [4.69, 9.17) is 5.73 Å². The average molecular weight is 302 g/mol. The molecule has 1 heterocycles. The van der Waals surface area contributed by atoms with Crippen molar-refractivity contribution >= 4 is 11.3 Å². The fraction of sp³-hybridized carbons (Fsp3) is 0.786. The molecular formula is C14H17F3N2S. The van der Waals surface area contributed by atoms with Crippen LogP contribution in [0.2, 0.25) is 0 Å². The number of nitrogens with two attached hydrogens (primary N) is 1. The second kappa shape index (κ2) is 3.97. The van der Waals surface area contributed by atoms with Crippen molar-refractivity contribution in [2.75, 3.05) is 0 Å². The van der Waals surface area contributed by atoms with E-state index in [2.05, 4.69) is 4.98 Å². The Morgan fingerprint density at radius 1 is 1.30 bits per heavy atom. The first-order chi connectivity index (χ1) is 9.39. The predicted molar refractivity (Wildman–Crippen MR) is 70.0 cm³/mol. The zero-order chi connectivity index (χ0) is 14.1. The van der Waals surface area contributed by atoms with Gasteiger partial charge in [0.15, 0.2) is 5.01 Å². The van der Waals surface area contributed by atoms with Gasteiger partial charge in [0.05, 0.1) is 5.54 Å². The van der Waals surface area contributed by atoms with Gasteiger partial charge in [0.2, 0.25) is 0 Å². The smallest absolute Gasteiger partial charge is 0.320 e. The lowest BCUT2D eigenvalue weighted by Crippen LogP contribution is -2.45. The SMILES string of the molecule is NC1(c2cnc(C(F)(F)F)s2)CC2CC1C1CCCC21. The molecular weight excluding hydrogens is 285 g/mol. The summed E-state index contributed by atoms with van der Waals surface area (Å²) < 4.78 is 38.2. The first-order valence-corrected chi connectivity index (χ1v) is 8.03. The molecule has 0 aromatic carbocycles. The van der Waals surface area contributed by atoms with Crippen molar-refractivity contribution in [2.24, 2.45) is 29.4 Å². The molecule has 3 saturated carbocycles. The number of hydrogen-bond acceptors (Lipinski definition) is 3. The lowest BCUT2D eigenvalue weighted by atomic mass is 9.71. The minimum atomic E-state index is -4.35. The number of halogens is 3. The third-order valence-corrected chi connectivity index (χ3v) is 7.01. The number of aromatic nitrogens is 1. The first kappa shape index (κ1) is 13.1. The van der Waals surface area contributed by atoms with Crippen LogP contribution in [0.15, 0.2) is 6.20 Å². The van der Waals surface area contributed by atoms with Gasteiger partial charge in [0.25, 0.3) is 0 Å². The summed E-state index contributed by atoms with van der Waals surface area (Å²) in [7, 11) is 0. The summed E-state index contributed by atoms with van der Waals surface area (Å²) in [6.45, 7) is 0. The molecule has 4 rings (SSSR count). The van der Waals surface area contributed by atoms with Crippen molar-refractivity contribution < 1.29 is 13.2 Å². The quantitative estimate of drug-likeness (QED) is 0.857. The highest BCUT2D eigenvalue weighted by atomic mass is 32.1. The highest BCUT2D eigenvalue weighted by Gasteiger charge is 2.60. The second-order valence-electron chi connectivity index (χ2n) is 6.63. The zero-order valence-electron chi connectivity index (χ0n) is 11.0. The standard InChI is InChI=1S/C14H17F3N2S/c15-14(16,17)12-19-6-11(20-12)13(18)5-7-4-10(13)9-3-1-2-8(7)9/h6-10H,1-5,18H2. The van der Waals surface area contributed by atoms with E-state index in [9.17, 15) is 13.2 Å². The molecule has 1 aromatic heterocycles. The number of alkyl halides is 3. The molecule has 3 aliphatic carbocycles. The summed E-state index contributed by atoms with van der Waals surface area (Å²) >= 11 is 0.749. The van der Waals surface area contributed by atoms with E-state index in [-0.39, 0.29) is 0 Å². The van der Waals surface area contributed by atoms with Crippen LogP contribution in [0.25, 0.3) is 0 Å². The third-order valence-electron chi connectivity index (χ3n) is 5.77. The molecule has 0 aliphatic heterocycles. The molecule has 2 bridgehead atoms. The molecule has 0 amide bonds. The number of fused-ring (bicyclic) bond motifs is 5. The van der Waals surface area contributed by atoms with Crippen molar-refractivity contribution in [2.45, 2.75) is 43.8 Å². The van der Waals surface area contributed by atoms with Gasteiger partial charge in [-0.2, -0.15) is 13.2 Å². The number of hydrogen-bond donors (Lipinski definition) is 1. The van der Waals surface area contributed by atoms with Gasteiger partial charge < -0.3 is 5.73 Å². The van der Waals surface area contributed by atoms with Crippen LogP contribution in [0.1, 0.15) is 42.0 Å². The topological polar surface area (TPSA) is 38.9 Å². The molecule has 5 atom stereocenters. The summed E-state index contributed by atoms with van der Waals surface area (Å²) in [6.07, 6.45) is 2.72. The maximum atomic E-state index is 12.7. The Balaban J connectivity index is 1.67. The number of nitrogens with zero attached hydrogens (tertiary/aromatic N) is 1.